The van der Waals surface area contributed by atoms with Gasteiger partial charge in [-0.3, -0.25) is 9.48 Å². The lowest BCUT2D eigenvalue weighted by atomic mass is 10.1. The molecule has 4 rings (SSSR count). The third-order valence-corrected chi connectivity index (χ3v) is 5.21. The number of carboxylic acids is 1. The van der Waals surface area contributed by atoms with E-state index >= 15 is 0 Å². The van der Waals surface area contributed by atoms with Crippen molar-refractivity contribution in [3.63, 3.8) is 0 Å². The van der Waals surface area contributed by atoms with Crippen LogP contribution in [0.25, 0.3) is 0 Å². The molecule has 1 aliphatic carbocycles. The number of carbonyl (C=O) groups excluding carboxylic acids is 1. The number of aromatic carboxylic acids is 1. The summed E-state index contributed by atoms with van der Waals surface area (Å²) in [4.78, 5) is 30.7. The van der Waals surface area contributed by atoms with E-state index in [1.54, 1.807) is 9.58 Å². The van der Waals surface area contributed by atoms with Crippen molar-refractivity contribution >= 4 is 27.8 Å². The molecule has 1 N–H and O–H groups in total. The zero-order valence-corrected chi connectivity index (χ0v) is 15.3. The number of rotatable bonds is 4. The standard InChI is InChI=1S/C17H17BrN4O3/c1-9-11(4-5-12(18)19-9)8-21-6-7-22-15(16(21)23)13(10-2-3-10)14(20-22)17(24)25/h4-5,10H,2-3,6-8H2,1H3,(H,24,25). The van der Waals surface area contributed by atoms with E-state index in [1.807, 2.05) is 19.1 Å². The molecule has 3 heterocycles. The molecule has 1 amide bonds. The van der Waals surface area contributed by atoms with Crippen LogP contribution in [0.4, 0.5) is 0 Å². The van der Waals surface area contributed by atoms with Crippen LogP contribution in [0.15, 0.2) is 16.7 Å². The first-order valence-corrected chi connectivity index (χ1v) is 9.00. The van der Waals surface area contributed by atoms with E-state index in [4.69, 9.17) is 0 Å². The minimum atomic E-state index is -1.06. The summed E-state index contributed by atoms with van der Waals surface area (Å²) in [5.41, 5.74) is 2.96. The Balaban J connectivity index is 1.68. The van der Waals surface area contributed by atoms with Crippen LogP contribution in [0.1, 0.15) is 56.6 Å². The number of fused-ring (bicyclic) bond motifs is 1. The molecule has 1 fully saturated rings. The van der Waals surface area contributed by atoms with Crippen molar-refractivity contribution in [1.29, 1.82) is 0 Å². The van der Waals surface area contributed by atoms with Crippen LogP contribution in [0, 0.1) is 6.92 Å². The molecular formula is C17H17BrN4O3. The second-order valence-corrected chi connectivity index (χ2v) is 7.33. The van der Waals surface area contributed by atoms with Gasteiger partial charge in [-0.2, -0.15) is 5.10 Å². The number of halogens is 1. The smallest absolute Gasteiger partial charge is 0.356 e. The average molecular weight is 405 g/mol. The fourth-order valence-corrected chi connectivity index (χ4v) is 3.73. The lowest BCUT2D eigenvalue weighted by molar-refractivity contribution is 0.0670. The molecule has 1 saturated carbocycles. The van der Waals surface area contributed by atoms with Gasteiger partial charge in [0.2, 0.25) is 0 Å². The summed E-state index contributed by atoms with van der Waals surface area (Å²) in [6.07, 6.45) is 1.84. The summed E-state index contributed by atoms with van der Waals surface area (Å²) in [5, 5.41) is 13.6. The van der Waals surface area contributed by atoms with Crippen LogP contribution in [0.2, 0.25) is 0 Å². The van der Waals surface area contributed by atoms with Gasteiger partial charge in [-0.05, 0) is 53.2 Å². The average Bonchev–Trinajstić information content (AvgIpc) is 3.32. The Morgan fingerprint density at radius 1 is 1.36 bits per heavy atom. The highest BCUT2D eigenvalue weighted by molar-refractivity contribution is 9.10. The molecule has 0 saturated heterocycles. The van der Waals surface area contributed by atoms with Gasteiger partial charge in [0.05, 0.1) is 6.54 Å². The molecule has 2 aromatic rings. The zero-order chi connectivity index (χ0) is 17.7. The van der Waals surface area contributed by atoms with E-state index in [0.717, 1.165) is 28.7 Å². The SMILES string of the molecule is Cc1nc(Br)ccc1CN1CCn2nc(C(=O)O)c(C3CC3)c2C1=O. The molecule has 0 spiro atoms. The van der Waals surface area contributed by atoms with Crippen molar-refractivity contribution < 1.29 is 14.7 Å². The van der Waals surface area contributed by atoms with Gasteiger partial charge >= 0.3 is 5.97 Å². The van der Waals surface area contributed by atoms with Crippen LogP contribution in [-0.4, -0.2) is 43.2 Å². The molecule has 0 atom stereocenters. The van der Waals surface area contributed by atoms with Crippen LogP contribution < -0.4 is 0 Å². The summed E-state index contributed by atoms with van der Waals surface area (Å²) in [6, 6.07) is 3.81. The number of carboxylic acid groups (broad SMARTS) is 1. The second kappa shape index (κ2) is 5.94. The van der Waals surface area contributed by atoms with Gasteiger partial charge in [0.15, 0.2) is 5.69 Å². The molecule has 1 aliphatic heterocycles. The van der Waals surface area contributed by atoms with Gasteiger partial charge < -0.3 is 10.0 Å². The highest BCUT2D eigenvalue weighted by Gasteiger charge is 2.40. The van der Waals surface area contributed by atoms with Crippen molar-refractivity contribution in [2.75, 3.05) is 6.54 Å². The number of aromatic nitrogens is 3. The predicted molar refractivity (Wildman–Crippen MR) is 92.6 cm³/mol. The van der Waals surface area contributed by atoms with Crippen molar-refractivity contribution in [3.8, 4) is 0 Å². The van der Waals surface area contributed by atoms with Gasteiger partial charge in [-0.25, -0.2) is 9.78 Å². The Labute approximate surface area is 152 Å². The monoisotopic (exact) mass is 404 g/mol. The van der Waals surface area contributed by atoms with Crippen molar-refractivity contribution in [2.45, 2.75) is 38.8 Å². The number of hydrogen-bond donors (Lipinski definition) is 1. The largest absolute Gasteiger partial charge is 0.476 e. The first-order valence-electron chi connectivity index (χ1n) is 8.21. The van der Waals surface area contributed by atoms with Crippen LogP contribution in [-0.2, 0) is 13.1 Å². The van der Waals surface area contributed by atoms with Gasteiger partial charge in [-0.15, -0.1) is 0 Å². The fourth-order valence-electron chi connectivity index (χ4n) is 3.33. The van der Waals surface area contributed by atoms with E-state index in [0.29, 0.717) is 30.9 Å². The molecule has 7 nitrogen and oxygen atoms in total. The first-order chi connectivity index (χ1) is 12.0. The van der Waals surface area contributed by atoms with Crippen molar-refractivity contribution in [1.82, 2.24) is 19.7 Å². The fraction of sp³-hybridized carbons (Fsp3) is 0.412. The normalized spacial score (nSPS) is 16.9. The van der Waals surface area contributed by atoms with E-state index in [9.17, 15) is 14.7 Å². The molecular weight excluding hydrogens is 388 g/mol. The Hall–Kier alpha value is -2.22. The first kappa shape index (κ1) is 16.3. The molecule has 25 heavy (non-hydrogen) atoms. The molecule has 0 bridgehead atoms. The number of pyridine rings is 1. The van der Waals surface area contributed by atoms with E-state index in [1.165, 1.54) is 0 Å². The molecule has 130 valence electrons. The minimum Gasteiger partial charge on any atom is -0.476 e. The molecule has 0 aromatic carbocycles. The summed E-state index contributed by atoms with van der Waals surface area (Å²) < 4.78 is 2.33. The number of carbonyl (C=O) groups is 2. The zero-order valence-electron chi connectivity index (χ0n) is 13.7. The van der Waals surface area contributed by atoms with E-state index in [2.05, 4.69) is 26.0 Å². The maximum atomic E-state index is 13.0. The third kappa shape index (κ3) is 2.84. The Morgan fingerprint density at radius 3 is 2.76 bits per heavy atom. The van der Waals surface area contributed by atoms with Gasteiger partial charge in [0, 0.05) is 24.3 Å². The molecule has 0 unspecified atom stereocenters. The second-order valence-electron chi connectivity index (χ2n) is 6.52. The van der Waals surface area contributed by atoms with Crippen LogP contribution in [0.5, 0.6) is 0 Å². The number of amides is 1. The summed E-state index contributed by atoms with van der Waals surface area (Å²) >= 11 is 3.34. The number of aryl methyl sites for hydroxylation is 1. The molecule has 0 radical (unpaired) electrons. The summed E-state index contributed by atoms with van der Waals surface area (Å²) in [5.74, 6) is -1.05. The highest BCUT2D eigenvalue weighted by atomic mass is 79.9. The van der Waals surface area contributed by atoms with Gasteiger partial charge in [0.1, 0.15) is 10.3 Å². The summed E-state index contributed by atoms with van der Waals surface area (Å²) in [7, 11) is 0. The number of nitrogens with zero attached hydrogens (tertiary/aromatic N) is 4. The maximum Gasteiger partial charge on any atom is 0.356 e. The van der Waals surface area contributed by atoms with E-state index < -0.39 is 5.97 Å². The Morgan fingerprint density at radius 2 is 2.12 bits per heavy atom. The van der Waals surface area contributed by atoms with Crippen LogP contribution >= 0.6 is 15.9 Å². The third-order valence-electron chi connectivity index (χ3n) is 4.77. The van der Waals surface area contributed by atoms with Crippen LogP contribution in [0.3, 0.4) is 0 Å². The highest BCUT2D eigenvalue weighted by Crippen LogP contribution is 2.44. The lowest BCUT2D eigenvalue weighted by Crippen LogP contribution is -2.40. The number of hydrogen-bond acceptors (Lipinski definition) is 4. The molecule has 2 aromatic heterocycles. The topological polar surface area (TPSA) is 88.3 Å². The van der Waals surface area contributed by atoms with Gasteiger partial charge in [-0.1, -0.05) is 6.07 Å². The lowest BCUT2D eigenvalue weighted by Gasteiger charge is -2.28. The van der Waals surface area contributed by atoms with E-state index in [-0.39, 0.29) is 17.5 Å². The molecule has 8 heteroatoms. The Bertz CT molecular complexity index is 888. The minimum absolute atomic E-state index is 0.0363. The Kier molecular flexibility index (Phi) is 3.87. The van der Waals surface area contributed by atoms with Gasteiger partial charge in [0.25, 0.3) is 5.91 Å². The quantitative estimate of drug-likeness (QED) is 0.790. The molecule has 2 aliphatic rings. The van der Waals surface area contributed by atoms with Crippen molar-refractivity contribution in [2.24, 2.45) is 0 Å². The van der Waals surface area contributed by atoms with Crippen molar-refractivity contribution in [3.05, 3.63) is 44.9 Å². The maximum absolute atomic E-state index is 13.0. The summed E-state index contributed by atoms with van der Waals surface area (Å²) in [6.45, 7) is 3.39. The predicted octanol–water partition coefficient (Wildman–Crippen LogP) is 2.58.